The highest BCUT2D eigenvalue weighted by Gasteiger charge is 2.05. The van der Waals surface area contributed by atoms with Gasteiger partial charge >= 0.3 is 0 Å². The topological polar surface area (TPSA) is 32.3 Å². The highest BCUT2D eigenvalue weighted by molar-refractivity contribution is 5.39. The first kappa shape index (κ1) is 11.6. The molecule has 1 atom stereocenters. The van der Waals surface area contributed by atoms with Crippen LogP contribution in [0.25, 0.3) is 0 Å². The first-order chi connectivity index (χ1) is 7.19. The van der Waals surface area contributed by atoms with Crippen molar-refractivity contribution in [3.63, 3.8) is 0 Å². The molecule has 0 saturated heterocycles. The number of hydrogen-bond acceptors (Lipinski definition) is 2. The van der Waals surface area contributed by atoms with Gasteiger partial charge in [0, 0.05) is 12.1 Å². The molecule has 1 unspecified atom stereocenters. The zero-order valence-corrected chi connectivity index (χ0v) is 9.25. The molecular formula is C13H17NO. The SMILES string of the molecule is C#CC(CC)NCc1cccc(C)c1O. The number of terminal acetylenes is 1. The Labute approximate surface area is 91.3 Å². The van der Waals surface area contributed by atoms with Crippen molar-refractivity contribution in [2.75, 3.05) is 0 Å². The van der Waals surface area contributed by atoms with Crippen molar-refractivity contribution in [3.05, 3.63) is 29.3 Å². The largest absolute Gasteiger partial charge is 0.507 e. The summed E-state index contributed by atoms with van der Waals surface area (Å²) < 4.78 is 0. The number of para-hydroxylation sites is 1. The molecule has 0 radical (unpaired) electrons. The maximum absolute atomic E-state index is 9.76. The molecule has 0 aliphatic rings. The summed E-state index contributed by atoms with van der Waals surface area (Å²) in [7, 11) is 0. The summed E-state index contributed by atoms with van der Waals surface area (Å²) in [5.74, 6) is 3.02. The fourth-order valence-corrected chi connectivity index (χ4v) is 1.42. The van der Waals surface area contributed by atoms with Crippen LogP contribution in [0.4, 0.5) is 0 Å². The van der Waals surface area contributed by atoms with Crippen LogP contribution in [-0.2, 0) is 6.54 Å². The minimum atomic E-state index is 0.0740. The molecule has 80 valence electrons. The van der Waals surface area contributed by atoms with Gasteiger partial charge in [-0.15, -0.1) is 6.42 Å². The van der Waals surface area contributed by atoms with Gasteiger partial charge in [0.05, 0.1) is 6.04 Å². The third-order valence-electron chi connectivity index (χ3n) is 2.47. The maximum atomic E-state index is 9.76. The normalized spacial score (nSPS) is 12.1. The van der Waals surface area contributed by atoms with Crippen LogP contribution < -0.4 is 5.32 Å². The lowest BCUT2D eigenvalue weighted by atomic mass is 10.1. The second-order valence-corrected chi connectivity index (χ2v) is 3.59. The Morgan fingerprint density at radius 2 is 2.27 bits per heavy atom. The van der Waals surface area contributed by atoms with E-state index >= 15 is 0 Å². The van der Waals surface area contributed by atoms with Gasteiger partial charge in [-0.25, -0.2) is 0 Å². The molecule has 1 aromatic carbocycles. The van der Waals surface area contributed by atoms with Crippen molar-refractivity contribution in [2.45, 2.75) is 32.9 Å². The van der Waals surface area contributed by atoms with E-state index in [2.05, 4.69) is 11.2 Å². The molecular weight excluding hydrogens is 186 g/mol. The number of phenols is 1. The molecule has 0 amide bonds. The molecule has 0 aliphatic heterocycles. The Kier molecular flexibility index (Phi) is 4.20. The van der Waals surface area contributed by atoms with Crippen LogP contribution in [-0.4, -0.2) is 11.1 Å². The van der Waals surface area contributed by atoms with Crippen LogP contribution in [0.2, 0.25) is 0 Å². The molecule has 0 fully saturated rings. The smallest absolute Gasteiger partial charge is 0.122 e. The number of aryl methyl sites for hydroxylation is 1. The molecule has 0 heterocycles. The fraction of sp³-hybridized carbons (Fsp3) is 0.385. The number of hydrogen-bond donors (Lipinski definition) is 2. The number of rotatable bonds is 4. The van der Waals surface area contributed by atoms with E-state index in [1.807, 2.05) is 32.0 Å². The molecule has 0 aliphatic carbocycles. The van der Waals surface area contributed by atoms with E-state index < -0.39 is 0 Å². The van der Waals surface area contributed by atoms with Crippen molar-refractivity contribution >= 4 is 0 Å². The fourth-order valence-electron chi connectivity index (χ4n) is 1.42. The number of phenolic OH excluding ortho intramolecular Hbond substituents is 1. The summed E-state index contributed by atoms with van der Waals surface area (Å²) in [6.45, 7) is 4.53. The van der Waals surface area contributed by atoms with Crippen LogP contribution in [0.1, 0.15) is 24.5 Å². The van der Waals surface area contributed by atoms with E-state index in [4.69, 9.17) is 6.42 Å². The van der Waals surface area contributed by atoms with Crippen LogP contribution in [0.3, 0.4) is 0 Å². The molecule has 0 bridgehead atoms. The zero-order chi connectivity index (χ0) is 11.3. The van der Waals surface area contributed by atoms with Crippen molar-refractivity contribution in [1.29, 1.82) is 0 Å². The molecule has 2 N–H and O–H groups in total. The van der Waals surface area contributed by atoms with Crippen molar-refractivity contribution in [3.8, 4) is 18.1 Å². The average molecular weight is 203 g/mol. The lowest BCUT2D eigenvalue weighted by Crippen LogP contribution is -2.26. The Hall–Kier alpha value is -1.46. The lowest BCUT2D eigenvalue weighted by molar-refractivity contribution is 0.458. The maximum Gasteiger partial charge on any atom is 0.122 e. The molecule has 1 aromatic rings. The Bertz CT molecular complexity index is 365. The second-order valence-electron chi connectivity index (χ2n) is 3.59. The molecule has 15 heavy (non-hydrogen) atoms. The first-order valence-electron chi connectivity index (χ1n) is 5.16. The first-order valence-corrected chi connectivity index (χ1v) is 5.16. The molecule has 0 aromatic heterocycles. The van der Waals surface area contributed by atoms with Gasteiger partial charge in [0.1, 0.15) is 5.75 Å². The summed E-state index contributed by atoms with van der Waals surface area (Å²) in [5.41, 5.74) is 1.78. The monoisotopic (exact) mass is 203 g/mol. The van der Waals surface area contributed by atoms with Gasteiger partial charge in [-0.2, -0.15) is 0 Å². The van der Waals surface area contributed by atoms with Crippen LogP contribution in [0, 0.1) is 19.3 Å². The van der Waals surface area contributed by atoms with E-state index in [1.165, 1.54) is 0 Å². The highest BCUT2D eigenvalue weighted by atomic mass is 16.3. The Morgan fingerprint density at radius 3 is 2.87 bits per heavy atom. The van der Waals surface area contributed by atoms with E-state index in [-0.39, 0.29) is 6.04 Å². The third-order valence-corrected chi connectivity index (χ3v) is 2.47. The Balaban J connectivity index is 2.66. The predicted octanol–water partition coefficient (Wildman–Crippen LogP) is 2.20. The van der Waals surface area contributed by atoms with E-state index in [0.717, 1.165) is 17.5 Å². The van der Waals surface area contributed by atoms with Crippen LogP contribution in [0.15, 0.2) is 18.2 Å². The summed E-state index contributed by atoms with van der Waals surface area (Å²) in [6.07, 6.45) is 6.23. The quantitative estimate of drug-likeness (QED) is 0.735. The standard InChI is InChI=1S/C13H17NO/c1-4-12(5-2)14-9-11-8-6-7-10(3)13(11)15/h1,6-8,12,14-15H,5,9H2,2-3H3. The molecule has 0 saturated carbocycles. The van der Waals surface area contributed by atoms with E-state index in [1.54, 1.807) is 0 Å². The van der Waals surface area contributed by atoms with Gasteiger partial charge in [0.2, 0.25) is 0 Å². The summed E-state index contributed by atoms with van der Waals surface area (Å²) in [6, 6.07) is 5.80. The summed E-state index contributed by atoms with van der Waals surface area (Å²) in [5, 5.41) is 13.0. The molecule has 2 heteroatoms. The van der Waals surface area contributed by atoms with Gasteiger partial charge in [0.15, 0.2) is 0 Å². The van der Waals surface area contributed by atoms with Crippen LogP contribution in [0.5, 0.6) is 5.75 Å². The summed E-state index contributed by atoms with van der Waals surface area (Å²) >= 11 is 0. The number of benzene rings is 1. The average Bonchev–Trinajstić information content (AvgIpc) is 2.25. The van der Waals surface area contributed by atoms with Gasteiger partial charge in [-0.3, -0.25) is 5.32 Å². The van der Waals surface area contributed by atoms with Gasteiger partial charge in [-0.1, -0.05) is 31.0 Å². The van der Waals surface area contributed by atoms with Crippen molar-refractivity contribution in [1.82, 2.24) is 5.32 Å². The highest BCUT2D eigenvalue weighted by Crippen LogP contribution is 2.21. The molecule has 0 spiro atoms. The summed E-state index contributed by atoms with van der Waals surface area (Å²) in [4.78, 5) is 0. The Morgan fingerprint density at radius 1 is 1.53 bits per heavy atom. The third kappa shape index (κ3) is 3.00. The molecule has 1 rings (SSSR count). The number of aromatic hydroxyl groups is 1. The van der Waals surface area contributed by atoms with Gasteiger partial charge < -0.3 is 5.11 Å². The lowest BCUT2D eigenvalue weighted by Gasteiger charge is -2.12. The number of nitrogens with one attached hydrogen (secondary N) is 1. The van der Waals surface area contributed by atoms with E-state index in [9.17, 15) is 5.11 Å². The van der Waals surface area contributed by atoms with Crippen molar-refractivity contribution in [2.24, 2.45) is 0 Å². The predicted molar refractivity (Wildman–Crippen MR) is 62.6 cm³/mol. The van der Waals surface area contributed by atoms with Gasteiger partial charge in [0.25, 0.3) is 0 Å². The van der Waals surface area contributed by atoms with E-state index in [0.29, 0.717) is 12.3 Å². The van der Waals surface area contributed by atoms with Crippen LogP contribution >= 0.6 is 0 Å². The minimum Gasteiger partial charge on any atom is -0.507 e. The second kappa shape index (κ2) is 5.43. The van der Waals surface area contributed by atoms with Crippen molar-refractivity contribution < 1.29 is 5.11 Å². The zero-order valence-electron chi connectivity index (χ0n) is 9.25. The molecule has 2 nitrogen and oxygen atoms in total. The minimum absolute atomic E-state index is 0.0740. The van der Waals surface area contributed by atoms with Gasteiger partial charge in [-0.05, 0) is 18.9 Å².